The quantitative estimate of drug-likeness (QED) is 0.514. The lowest BCUT2D eigenvalue weighted by Crippen LogP contribution is -2.36. The molecule has 0 saturated carbocycles. The van der Waals surface area contributed by atoms with Crippen molar-refractivity contribution in [3.63, 3.8) is 0 Å². The fourth-order valence-electron chi connectivity index (χ4n) is 3.73. The molecular weight excluding hydrogens is 350 g/mol. The second-order valence-corrected chi connectivity index (χ2v) is 7.92. The first-order valence-corrected chi connectivity index (χ1v) is 9.61. The lowest BCUT2D eigenvalue weighted by atomic mass is 9.99. The van der Waals surface area contributed by atoms with Gasteiger partial charge in [0.25, 0.3) is 0 Å². The minimum atomic E-state index is -0.339. The van der Waals surface area contributed by atoms with Gasteiger partial charge in [0, 0.05) is 12.5 Å². The van der Waals surface area contributed by atoms with Crippen molar-refractivity contribution in [3.8, 4) is 0 Å². The van der Waals surface area contributed by atoms with Gasteiger partial charge in [-0.2, -0.15) is 5.10 Å². The number of nitrogens with zero attached hydrogens (tertiary/aromatic N) is 5. The zero-order valence-corrected chi connectivity index (χ0v) is 15.7. The zero-order valence-electron chi connectivity index (χ0n) is 14.9. The molecule has 0 radical (unpaired) electrons. The highest BCUT2D eigenvalue weighted by molar-refractivity contribution is 7.18. The molecule has 0 amide bonds. The number of aryl methyl sites for hydroxylation is 1. The van der Waals surface area contributed by atoms with Crippen LogP contribution in [0, 0.1) is 24.0 Å². The van der Waals surface area contributed by atoms with Crippen LogP contribution in [0.25, 0.3) is 10.2 Å². The fraction of sp³-hybridized carbons (Fsp3) is 0.444. The minimum Gasteiger partial charge on any atom is -0.284 e. The Balaban J connectivity index is 1.52. The van der Waals surface area contributed by atoms with Crippen molar-refractivity contribution in [3.05, 3.63) is 50.8 Å². The first-order chi connectivity index (χ1) is 12.5. The number of hydrogen-bond acceptors (Lipinski definition) is 6. The van der Waals surface area contributed by atoms with Crippen LogP contribution in [0.1, 0.15) is 35.2 Å². The van der Waals surface area contributed by atoms with E-state index in [4.69, 9.17) is 4.98 Å². The third-order valence-electron chi connectivity index (χ3n) is 5.03. The van der Waals surface area contributed by atoms with E-state index in [-0.39, 0.29) is 10.6 Å². The molecule has 0 unspecified atom stereocenters. The van der Waals surface area contributed by atoms with Gasteiger partial charge in [0.05, 0.1) is 26.8 Å². The molecule has 0 spiro atoms. The number of fused-ring (bicyclic) bond motifs is 1. The Bertz CT molecular complexity index is 931. The summed E-state index contributed by atoms with van der Waals surface area (Å²) in [7, 11) is 0. The monoisotopic (exact) mass is 371 g/mol. The normalized spacial score (nSPS) is 18.5. The maximum absolute atomic E-state index is 11.2. The number of para-hydroxylation sites is 1. The molecule has 4 rings (SSSR count). The van der Waals surface area contributed by atoms with Gasteiger partial charge in [-0.1, -0.05) is 12.1 Å². The van der Waals surface area contributed by atoms with Crippen LogP contribution in [0.15, 0.2) is 24.3 Å². The second kappa shape index (κ2) is 6.77. The predicted octanol–water partition coefficient (Wildman–Crippen LogP) is 3.85. The fourth-order valence-corrected chi connectivity index (χ4v) is 4.82. The number of hydrogen-bond donors (Lipinski definition) is 0. The summed E-state index contributed by atoms with van der Waals surface area (Å²) < 4.78 is 2.99. The highest BCUT2D eigenvalue weighted by atomic mass is 32.1. The van der Waals surface area contributed by atoms with Crippen LogP contribution in [0.5, 0.6) is 0 Å². The highest BCUT2D eigenvalue weighted by Gasteiger charge is 2.27. The van der Waals surface area contributed by atoms with Gasteiger partial charge >= 0.3 is 5.69 Å². The number of piperidine rings is 1. The van der Waals surface area contributed by atoms with Gasteiger partial charge in [0.2, 0.25) is 0 Å². The largest absolute Gasteiger partial charge is 0.312 e. The maximum atomic E-state index is 11.2. The van der Waals surface area contributed by atoms with Gasteiger partial charge < -0.3 is 0 Å². The van der Waals surface area contributed by atoms with E-state index in [9.17, 15) is 10.1 Å². The van der Waals surface area contributed by atoms with Gasteiger partial charge in [-0.05, 0) is 45.4 Å². The SMILES string of the molecule is Cc1nn(CN2CCC[C@H](c3nc4ccccc4s3)C2)c(C)c1[N+](=O)[O-]. The molecule has 0 N–H and O–H groups in total. The molecule has 2 aromatic heterocycles. The number of rotatable bonds is 4. The summed E-state index contributed by atoms with van der Waals surface area (Å²) >= 11 is 1.78. The number of nitro groups is 1. The van der Waals surface area contributed by atoms with E-state index in [0.29, 0.717) is 24.0 Å². The lowest BCUT2D eigenvalue weighted by Gasteiger charge is -2.31. The molecule has 7 nitrogen and oxygen atoms in total. The van der Waals surface area contributed by atoms with Gasteiger partial charge in [-0.15, -0.1) is 11.3 Å². The Labute approximate surface area is 155 Å². The molecule has 0 bridgehead atoms. The van der Waals surface area contributed by atoms with E-state index in [0.717, 1.165) is 31.4 Å². The zero-order chi connectivity index (χ0) is 18.3. The third kappa shape index (κ3) is 3.10. The molecule has 3 heterocycles. The van der Waals surface area contributed by atoms with Crippen LogP contribution >= 0.6 is 11.3 Å². The van der Waals surface area contributed by atoms with Crippen LogP contribution in [-0.2, 0) is 6.67 Å². The molecule has 8 heteroatoms. The first kappa shape index (κ1) is 17.1. The highest BCUT2D eigenvalue weighted by Crippen LogP contribution is 2.33. The number of thiazole rings is 1. The summed E-state index contributed by atoms with van der Waals surface area (Å²) in [4.78, 5) is 18.0. The molecule has 1 fully saturated rings. The van der Waals surface area contributed by atoms with E-state index in [1.807, 2.05) is 12.1 Å². The molecule has 1 aromatic carbocycles. The molecule has 1 aliphatic rings. The molecule has 3 aromatic rings. The van der Waals surface area contributed by atoms with Crippen molar-refractivity contribution in [1.29, 1.82) is 0 Å². The minimum absolute atomic E-state index is 0.129. The molecule has 136 valence electrons. The lowest BCUT2D eigenvalue weighted by molar-refractivity contribution is -0.386. The Hall–Kier alpha value is -2.32. The number of aromatic nitrogens is 3. The smallest absolute Gasteiger partial charge is 0.284 e. The average molecular weight is 371 g/mol. The van der Waals surface area contributed by atoms with Gasteiger partial charge in [0.15, 0.2) is 0 Å². The Morgan fingerprint density at radius 2 is 2.15 bits per heavy atom. The standard InChI is InChI=1S/C18H21N5O2S/c1-12-17(23(24)25)13(2)22(20-12)11-21-9-5-6-14(10-21)18-19-15-7-3-4-8-16(15)26-18/h3-4,7-8,14H,5-6,9-11H2,1-2H3/t14-/m0/s1. The Morgan fingerprint density at radius 1 is 1.35 bits per heavy atom. The molecule has 1 atom stereocenters. The van der Waals surface area contributed by atoms with Crippen molar-refractivity contribution >= 4 is 27.2 Å². The van der Waals surface area contributed by atoms with Crippen molar-refractivity contribution in [2.75, 3.05) is 13.1 Å². The summed E-state index contributed by atoms with van der Waals surface area (Å²) in [5.41, 5.74) is 2.30. The predicted molar refractivity (Wildman–Crippen MR) is 102 cm³/mol. The van der Waals surface area contributed by atoms with E-state index >= 15 is 0 Å². The summed E-state index contributed by atoms with van der Waals surface area (Å²) in [6.45, 7) is 5.94. The van der Waals surface area contributed by atoms with E-state index < -0.39 is 0 Å². The molecule has 26 heavy (non-hydrogen) atoms. The topological polar surface area (TPSA) is 77.1 Å². The maximum Gasteiger partial charge on any atom is 0.312 e. The summed E-state index contributed by atoms with van der Waals surface area (Å²) in [5.74, 6) is 0.410. The summed E-state index contributed by atoms with van der Waals surface area (Å²) in [6, 6.07) is 8.25. The van der Waals surface area contributed by atoms with Crippen LogP contribution in [0.3, 0.4) is 0 Å². The first-order valence-electron chi connectivity index (χ1n) is 8.79. The average Bonchev–Trinajstić information content (AvgIpc) is 3.16. The van der Waals surface area contributed by atoms with Crippen LogP contribution in [0.2, 0.25) is 0 Å². The van der Waals surface area contributed by atoms with Crippen molar-refractivity contribution in [2.24, 2.45) is 0 Å². The molecular formula is C18H21N5O2S. The van der Waals surface area contributed by atoms with Crippen molar-refractivity contribution < 1.29 is 4.92 Å². The van der Waals surface area contributed by atoms with Crippen LogP contribution in [-0.4, -0.2) is 37.7 Å². The second-order valence-electron chi connectivity index (χ2n) is 6.85. The molecule has 1 saturated heterocycles. The summed E-state index contributed by atoms with van der Waals surface area (Å²) in [5, 5.41) is 16.8. The van der Waals surface area contributed by atoms with E-state index in [1.54, 1.807) is 29.9 Å². The number of likely N-dealkylation sites (tertiary alicyclic amines) is 1. The number of benzene rings is 1. The van der Waals surface area contributed by atoms with Crippen LogP contribution < -0.4 is 0 Å². The Morgan fingerprint density at radius 3 is 2.88 bits per heavy atom. The van der Waals surface area contributed by atoms with Crippen molar-refractivity contribution in [1.82, 2.24) is 19.7 Å². The van der Waals surface area contributed by atoms with E-state index in [1.165, 1.54) is 9.71 Å². The summed E-state index contributed by atoms with van der Waals surface area (Å²) in [6.07, 6.45) is 2.23. The van der Waals surface area contributed by atoms with Gasteiger partial charge in [-0.3, -0.25) is 15.0 Å². The third-order valence-corrected chi connectivity index (χ3v) is 6.22. The van der Waals surface area contributed by atoms with E-state index in [2.05, 4.69) is 22.1 Å². The molecule has 1 aliphatic heterocycles. The van der Waals surface area contributed by atoms with Gasteiger partial charge in [0.1, 0.15) is 11.4 Å². The van der Waals surface area contributed by atoms with Crippen LogP contribution in [0.4, 0.5) is 5.69 Å². The van der Waals surface area contributed by atoms with Gasteiger partial charge in [-0.25, -0.2) is 9.67 Å². The molecule has 0 aliphatic carbocycles. The van der Waals surface area contributed by atoms with Crippen molar-refractivity contribution in [2.45, 2.75) is 39.3 Å². The Kier molecular flexibility index (Phi) is 4.46.